The lowest BCUT2D eigenvalue weighted by Crippen LogP contribution is -2.67. The average Bonchev–Trinajstić information content (AvgIpc) is 3.28. The van der Waals surface area contributed by atoms with Crippen LogP contribution in [0.2, 0.25) is 0 Å². The molecule has 2 aliphatic rings. The molecule has 3 heterocycles. The first-order chi connectivity index (χ1) is 17.4. The number of nitrogens with one attached hydrogen (secondary N) is 1. The molecule has 2 amide bonds. The molecule has 182 valence electrons. The Morgan fingerprint density at radius 2 is 1.72 bits per heavy atom. The van der Waals surface area contributed by atoms with E-state index in [0.29, 0.717) is 19.5 Å². The van der Waals surface area contributed by atoms with E-state index in [9.17, 15) is 14.0 Å². The molecule has 1 aromatic heterocycles. The summed E-state index contributed by atoms with van der Waals surface area (Å²) in [5, 5.41) is 1.09. The van der Waals surface area contributed by atoms with Crippen LogP contribution in [0.25, 0.3) is 10.9 Å². The van der Waals surface area contributed by atoms with Gasteiger partial charge < -0.3 is 14.8 Å². The number of aromatic amines is 1. The van der Waals surface area contributed by atoms with Gasteiger partial charge in [0.2, 0.25) is 5.91 Å². The highest BCUT2D eigenvalue weighted by atomic mass is 19.1. The number of nitrogens with zero attached hydrogens (tertiary/aromatic N) is 2. The van der Waals surface area contributed by atoms with Crippen molar-refractivity contribution in [2.75, 3.05) is 19.6 Å². The highest BCUT2D eigenvalue weighted by Gasteiger charge is 2.56. The van der Waals surface area contributed by atoms with Gasteiger partial charge in [-0.25, -0.2) is 4.39 Å². The van der Waals surface area contributed by atoms with Gasteiger partial charge in [-0.3, -0.25) is 9.59 Å². The molecule has 5 nitrogen and oxygen atoms in total. The normalized spacial score (nSPS) is 21.6. The fourth-order valence-corrected chi connectivity index (χ4v) is 5.87. The minimum Gasteiger partial charge on any atom is -0.356 e. The van der Waals surface area contributed by atoms with Crippen molar-refractivity contribution in [1.29, 1.82) is 0 Å². The van der Waals surface area contributed by atoms with E-state index in [1.165, 1.54) is 17.7 Å². The number of carbonyl (C=O) groups is 2. The molecule has 0 unspecified atom stereocenters. The topological polar surface area (TPSA) is 56.4 Å². The molecular weight excluding hydrogens is 453 g/mol. The van der Waals surface area contributed by atoms with Crippen LogP contribution < -0.4 is 0 Å². The lowest BCUT2D eigenvalue weighted by Gasteiger charge is -2.51. The quantitative estimate of drug-likeness (QED) is 0.451. The number of fused-ring (bicyclic) bond motifs is 5. The molecule has 0 saturated carbocycles. The van der Waals surface area contributed by atoms with Gasteiger partial charge >= 0.3 is 0 Å². The van der Waals surface area contributed by atoms with Gasteiger partial charge in [0.25, 0.3) is 5.91 Å². The Bertz CT molecular complexity index is 1470. The number of amides is 2. The Morgan fingerprint density at radius 1 is 1.00 bits per heavy atom. The van der Waals surface area contributed by atoms with Crippen LogP contribution in [0.15, 0.2) is 72.8 Å². The minimum atomic E-state index is -1.12. The van der Waals surface area contributed by atoms with Crippen molar-refractivity contribution in [3.8, 4) is 0 Å². The molecule has 36 heavy (non-hydrogen) atoms. The second kappa shape index (κ2) is 8.33. The molecule has 0 radical (unpaired) electrons. The fourth-order valence-electron chi connectivity index (χ4n) is 5.87. The first kappa shape index (κ1) is 22.5. The maximum Gasteiger partial charge on any atom is 0.254 e. The number of aromatic nitrogens is 1. The molecule has 2 aliphatic heterocycles. The van der Waals surface area contributed by atoms with E-state index in [4.69, 9.17) is 0 Å². The van der Waals surface area contributed by atoms with Crippen molar-refractivity contribution >= 4 is 22.7 Å². The number of para-hydroxylation sites is 1. The van der Waals surface area contributed by atoms with Gasteiger partial charge in [-0.1, -0.05) is 60.2 Å². The predicted molar refractivity (Wildman–Crippen MR) is 137 cm³/mol. The van der Waals surface area contributed by atoms with Gasteiger partial charge in [-0.15, -0.1) is 0 Å². The van der Waals surface area contributed by atoms with Crippen molar-refractivity contribution in [3.05, 3.63) is 107 Å². The molecule has 0 bridgehead atoms. The number of piperazine rings is 1. The Balaban J connectivity index is 1.43. The van der Waals surface area contributed by atoms with Crippen LogP contribution in [0.1, 0.15) is 40.8 Å². The summed E-state index contributed by atoms with van der Waals surface area (Å²) < 4.78 is 13.3. The lowest BCUT2D eigenvalue weighted by atomic mass is 9.76. The van der Waals surface area contributed by atoms with E-state index < -0.39 is 5.54 Å². The Morgan fingerprint density at radius 3 is 2.47 bits per heavy atom. The maximum atomic E-state index is 14.1. The van der Waals surface area contributed by atoms with Crippen molar-refractivity contribution in [1.82, 2.24) is 14.8 Å². The second-order valence-electron chi connectivity index (χ2n) is 10.1. The number of aryl methyl sites for hydroxylation is 1. The second-order valence-corrected chi connectivity index (χ2v) is 10.1. The molecule has 1 N–H and O–H groups in total. The summed E-state index contributed by atoms with van der Waals surface area (Å²) in [7, 11) is 0. The Hall–Kier alpha value is -3.93. The zero-order valence-corrected chi connectivity index (χ0v) is 20.4. The summed E-state index contributed by atoms with van der Waals surface area (Å²) in [6.07, 6.45) is 0.556. The number of hydrogen-bond acceptors (Lipinski definition) is 2. The molecule has 1 fully saturated rings. The summed E-state index contributed by atoms with van der Waals surface area (Å²) in [6.45, 7) is 4.83. The molecule has 0 aliphatic carbocycles. The van der Waals surface area contributed by atoms with Crippen molar-refractivity contribution in [3.63, 3.8) is 0 Å². The van der Waals surface area contributed by atoms with Gasteiger partial charge in [-0.05, 0) is 55.2 Å². The van der Waals surface area contributed by atoms with Crippen LogP contribution >= 0.6 is 0 Å². The Labute approximate surface area is 209 Å². The number of benzene rings is 3. The number of hydrogen-bond donors (Lipinski definition) is 1. The minimum absolute atomic E-state index is 0.0349. The van der Waals surface area contributed by atoms with Crippen molar-refractivity contribution in [2.45, 2.75) is 31.7 Å². The molecule has 6 rings (SSSR count). The highest BCUT2D eigenvalue weighted by molar-refractivity contribution is 6.01. The average molecular weight is 482 g/mol. The summed E-state index contributed by atoms with van der Waals surface area (Å²) in [5.41, 5.74) is 4.98. The molecular formula is C30H28FN3O2. The SMILES string of the molecule is Cc1ccc([C@@H]2CN3C(=O)CN(CCc4ccc(F)cc4)C(=O)[C@]3(C)c3[nH]c4ccccc4c32)cc1. The highest BCUT2D eigenvalue weighted by Crippen LogP contribution is 2.48. The van der Waals surface area contributed by atoms with Crippen molar-refractivity contribution < 1.29 is 14.0 Å². The van der Waals surface area contributed by atoms with Crippen LogP contribution in [-0.2, 0) is 21.5 Å². The van der Waals surface area contributed by atoms with Crippen LogP contribution in [-0.4, -0.2) is 46.2 Å². The third-order valence-corrected chi connectivity index (χ3v) is 7.88. The van der Waals surface area contributed by atoms with E-state index >= 15 is 0 Å². The molecule has 6 heteroatoms. The van der Waals surface area contributed by atoms with Crippen LogP contribution in [0.5, 0.6) is 0 Å². The fraction of sp³-hybridized carbons (Fsp3) is 0.267. The monoisotopic (exact) mass is 481 g/mol. The molecule has 3 aromatic carbocycles. The number of carbonyl (C=O) groups excluding carboxylic acids is 2. The standard InChI is InChI=1S/C30H28FN3O2/c1-19-7-11-21(12-8-19)24-17-34-26(35)18-33(16-15-20-9-13-22(31)14-10-20)29(36)30(34,2)28-27(24)23-5-3-4-6-25(23)32-28/h3-14,24,32H,15-18H2,1-2H3/t24-,30-/m0/s1. The molecule has 1 saturated heterocycles. The van der Waals surface area contributed by atoms with Crippen LogP contribution in [0, 0.1) is 12.7 Å². The smallest absolute Gasteiger partial charge is 0.254 e. The van der Waals surface area contributed by atoms with E-state index in [0.717, 1.165) is 33.3 Å². The largest absolute Gasteiger partial charge is 0.356 e. The molecule has 4 aromatic rings. The van der Waals surface area contributed by atoms with Gasteiger partial charge in [-0.2, -0.15) is 0 Å². The Kier molecular flexibility index (Phi) is 5.21. The molecule has 0 spiro atoms. The maximum absolute atomic E-state index is 14.1. The molecule has 2 atom stereocenters. The number of H-pyrrole nitrogens is 1. The van der Waals surface area contributed by atoms with Gasteiger partial charge in [0.05, 0.1) is 12.2 Å². The van der Waals surface area contributed by atoms with E-state index in [1.54, 1.807) is 21.9 Å². The summed E-state index contributed by atoms with van der Waals surface area (Å²) in [4.78, 5) is 34.6. The van der Waals surface area contributed by atoms with E-state index in [-0.39, 0.29) is 30.1 Å². The van der Waals surface area contributed by atoms with Gasteiger partial charge in [0.15, 0.2) is 5.54 Å². The van der Waals surface area contributed by atoms with Crippen LogP contribution in [0.4, 0.5) is 4.39 Å². The number of halogens is 1. The zero-order chi connectivity index (χ0) is 25.0. The van der Waals surface area contributed by atoms with Crippen molar-refractivity contribution in [2.24, 2.45) is 0 Å². The van der Waals surface area contributed by atoms with Crippen LogP contribution in [0.3, 0.4) is 0 Å². The number of rotatable bonds is 4. The third-order valence-electron chi connectivity index (χ3n) is 7.88. The lowest BCUT2D eigenvalue weighted by molar-refractivity contribution is -0.166. The summed E-state index contributed by atoms with van der Waals surface area (Å²) >= 11 is 0. The van der Waals surface area contributed by atoms with Gasteiger partial charge in [0.1, 0.15) is 5.82 Å². The van der Waals surface area contributed by atoms with E-state index in [2.05, 4.69) is 42.2 Å². The van der Waals surface area contributed by atoms with Gasteiger partial charge in [0, 0.05) is 29.9 Å². The summed E-state index contributed by atoms with van der Waals surface area (Å²) in [6, 6.07) is 22.8. The first-order valence-corrected chi connectivity index (χ1v) is 12.4. The van der Waals surface area contributed by atoms with E-state index in [1.807, 2.05) is 25.1 Å². The third kappa shape index (κ3) is 3.43. The summed E-state index contributed by atoms with van der Waals surface area (Å²) in [5.74, 6) is -0.466. The predicted octanol–water partition coefficient (Wildman–Crippen LogP) is 4.89. The first-order valence-electron chi connectivity index (χ1n) is 12.4. The zero-order valence-electron chi connectivity index (χ0n) is 20.4.